The minimum atomic E-state index is -1.02. The van der Waals surface area contributed by atoms with Crippen LogP contribution in [0.1, 0.15) is 5.56 Å². The average molecular weight is 332 g/mol. The molecule has 1 aromatic rings. The van der Waals surface area contributed by atoms with E-state index in [0.717, 1.165) is 19.6 Å². The maximum absolute atomic E-state index is 12.7. The molecule has 0 aliphatic carbocycles. The Hall–Kier alpha value is -2.12. The van der Waals surface area contributed by atoms with Crippen molar-refractivity contribution >= 4 is 12.0 Å². The Morgan fingerprint density at radius 1 is 1.08 bits per heavy atom. The number of carbonyl (C=O) groups is 2. The van der Waals surface area contributed by atoms with Gasteiger partial charge in [0.2, 0.25) is 5.91 Å². The van der Waals surface area contributed by atoms with Gasteiger partial charge in [-0.15, -0.1) is 0 Å². The first-order chi connectivity index (χ1) is 11.6. The van der Waals surface area contributed by atoms with E-state index in [1.54, 1.807) is 4.90 Å². The van der Waals surface area contributed by atoms with Gasteiger partial charge in [-0.25, -0.2) is 4.79 Å². The first kappa shape index (κ1) is 16.7. The second-order valence-electron chi connectivity index (χ2n) is 6.28. The van der Waals surface area contributed by atoms with E-state index in [4.69, 9.17) is 0 Å². The van der Waals surface area contributed by atoms with E-state index in [1.807, 2.05) is 18.2 Å². The predicted octanol–water partition coefficient (Wildman–Crippen LogP) is 0.283. The van der Waals surface area contributed by atoms with E-state index < -0.39 is 12.1 Å². The van der Waals surface area contributed by atoms with E-state index in [2.05, 4.69) is 22.3 Å². The Morgan fingerprint density at radius 2 is 1.79 bits per heavy atom. The third-order valence-corrected chi connectivity index (χ3v) is 4.71. The molecule has 24 heavy (non-hydrogen) atoms. The number of hydrogen-bond donors (Lipinski definition) is 2. The van der Waals surface area contributed by atoms with Gasteiger partial charge in [-0.1, -0.05) is 30.3 Å². The van der Waals surface area contributed by atoms with Gasteiger partial charge in [0.25, 0.3) is 0 Å². The Morgan fingerprint density at radius 3 is 2.46 bits per heavy atom. The van der Waals surface area contributed by atoms with Gasteiger partial charge in [-0.05, 0) is 5.56 Å². The van der Waals surface area contributed by atoms with Crippen LogP contribution in [0, 0.1) is 0 Å². The number of nitrogens with one attached hydrogen (secondary N) is 1. The van der Waals surface area contributed by atoms with Crippen LogP contribution in [-0.4, -0.2) is 83.7 Å². The molecule has 2 saturated heterocycles. The molecule has 0 spiro atoms. The second-order valence-corrected chi connectivity index (χ2v) is 6.28. The summed E-state index contributed by atoms with van der Waals surface area (Å²) in [5, 5.41) is 12.4. The van der Waals surface area contributed by atoms with Gasteiger partial charge in [-0.3, -0.25) is 14.6 Å². The van der Waals surface area contributed by atoms with Crippen LogP contribution in [0.5, 0.6) is 0 Å². The number of amides is 2. The van der Waals surface area contributed by atoms with Crippen LogP contribution in [0.4, 0.5) is 4.79 Å². The number of nitrogens with zero attached hydrogens (tertiary/aromatic N) is 3. The van der Waals surface area contributed by atoms with Gasteiger partial charge < -0.3 is 15.3 Å². The number of rotatable bonds is 3. The molecule has 2 aliphatic rings. The van der Waals surface area contributed by atoms with E-state index >= 15 is 0 Å². The van der Waals surface area contributed by atoms with Crippen LogP contribution in [0.3, 0.4) is 0 Å². The monoisotopic (exact) mass is 332 g/mol. The summed E-state index contributed by atoms with van der Waals surface area (Å²) in [7, 11) is 0. The van der Waals surface area contributed by atoms with Crippen molar-refractivity contribution in [2.45, 2.75) is 12.6 Å². The molecule has 3 rings (SSSR count). The van der Waals surface area contributed by atoms with Crippen molar-refractivity contribution in [1.29, 1.82) is 0 Å². The summed E-state index contributed by atoms with van der Waals surface area (Å²) >= 11 is 0. The van der Waals surface area contributed by atoms with E-state index in [-0.39, 0.29) is 5.91 Å². The normalized spacial score (nSPS) is 22.4. The minimum absolute atomic E-state index is 0.0797. The highest BCUT2D eigenvalue weighted by Crippen LogP contribution is 2.12. The third-order valence-electron chi connectivity index (χ3n) is 4.71. The minimum Gasteiger partial charge on any atom is -0.465 e. The summed E-state index contributed by atoms with van der Waals surface area (Å²) in [6.07, 6.45) is -1.02. The van der Waals surface area contributed by atoms with Crippen LogP contribution in [-0.2, 0) is 11.3 Å². The lowest BCUT2D eigenvalue weighted by atomic mass is 10.1. The third kappa shape index (κ3) is 3.85. The lowest BCUT2D eigenvalue weighted by molar-refractivity contribution is -0.138. The van der Waals surface area contributed by atoms with Gasteiger partial charge in [-0.2, -0.15) is 0 Å². The van der Waals surface area contributed by atoms with Crippen molar-refractivity contribution in [3.63, 3.8) is 0 Å². The maximum Gasteiger partial charge on any atom is 0.408 e. The van der Waals surface area contributed by atoms with Gasteiger partial charge in [0.1, 0.15) is 6.04 Å². The number of carbonyl (C=O) groups excluding carboxylic acids is 1. The Kier molecular flexibility index (Phi) is 5.32. The molecule has 0 radical (unpaired) electrons. The molecule has 7 nitrogen and oxygen atoms in total. The molecular weight excluding hydrogens is 308 g/mol. The highest BCUT2D eigenvalue weighted by Gasteiger charge is 2.35. The summed E-state index contributed by atoms with van der Waals surface area (Å²) in [5.74, 6) is -0.0797. The molecule has 2 N–H and O–H groups in total. The first-order valence-corrected chi connectivity index (χ1v) is 8.40. The van der Waals surface area contributed by atoms with Gasteiger partial charge >= 0.3 is 6.09 Å². The molecule has 2 aliphatic heterocycles. The number of hydrogen-bond acceptors (Lipinski definition) is 4. The number of carboxylic acid groups (broad SMARTS) is 1. The van der Waals surface area contributed by atoms with Gasteiger partial charge in [0.05, 0.1) is 0 Å². The van der Waals surface area contributed by atoms with Crippen LogP contribution < -0.4 is 5.32 Å². The molecule has 0 bridgehead atoms. The first-order valence-electron chi connectivity index (χ1n) is 8.40. The van der Waals surface area contributed by atoms with Crippen LogP contribution in [0.25, 0.3) is 0 Å². The standard InChI is InChI=1S/C17H24N4O3/c22-16(15-12-18-6-7-21(15)17(23)24)20-10-8-19(9-11-20)13-14-4-2-1-3-5-14/h1-5,15,18H,6-13H2,(H,23,24)/t15-/m1/s1. The largest absolute Gasteiger partial charge is 0.465 e. The van der Waals surface area contributed by atoms with Crippen molar-refractivity contribution in [3.8, 4) is 0 Å². The molecule has 0 unspecified atom stereocenters. The molecule has 0 saturated carbocycles. The summed E-state index contributed by atoms with van der Waals surface area (Å²) in [4.78, 5) is 29.4. The lowest BCUT2D eigenvalue weighted by Gasteiger charge is -2.40. The Labute approximate surface area is 141 Å². The maximum atomic E-state index is 12.7. The molecule has 2 heterocycles. The number of benzene rings is 1. The highest BCUT2D eigenvalue weighted by molar-refractivity contribution is 5.86. The lowest BCUT2D eigenvalue weighted by Crippen LogP contribution is -2.61. The summed E-state index contributed by atoms with van der Waals surface area (Å²) in [6, 6.07) is 9.69. The van der Waals surface area contributed by atoms with Crippen molar-refractivity contribution in [1.82, 2.24) is 20.0 Å². The molecular formula is C17H24N4O3. The smallest absolute Gasteiger partial charge is 0.408 e. The molecule has 1 atom stereocenters. The van der Waals surface area contributed by atoms with Crippen LogP contribution in [0.15, 0.2) is 30.3 Å². The Bertz CT molecular complexity index is 572. The fourth-order valence-electron chi connectivity index (χ4n) is 3.33. The SMILES string of the molecule is O=C([C@H]1CNCCN1C(=O)O)N1CCN(Cc2ccccc2)CC1. The summed E-state index contributed by atoms with van der Waals surface area (Å²) in [5.41, 5.74) is 1.27. The molecule has 2 amide bonds. The number of piperazine rings is 2. The quantitative estimate of drug-likeness (QED) is 0.832. The van der Waals surface area contributed by atoms with Gasteiger partial charge in [0, 0.05) is 52.4 Å². The van der Waals surface area contributed by atoms with E-state index in [1.165, 1.54) is 10.5 Å². The molecule has 0 aromatic heterocycles. The highest BCUT2D eigenvalue weighted by atomic mass is 16.4. The van der Waals surface area contributed by atoms with Gasteiger partial charge in [0.15, 0.2) is 0 Å². The van der Waals surface area contributed by atoms with Crippen LogP contribution >= 0.6 is 0 Å². The molecule has 2 fully saturated rings. The second kappa shape index (κ2) is 7.63. The van der Waals surface area contributed by atoms with E-state index in [9.17, 15) is 14.7 Å². The fraction of sp³-hybridized carbons (Fsp3) is 0.529. The molecule has 7 heteroatoms. The summed E-state index contributed by atoms with van der Waals surface area (Å²) < 4.78 is 0. The van der Waals surface area contributed by atoms with Crippen molar-refractivity contribution in [3.05, 3.63) is 35.9 Å². The zero-order chi connectivity index (χ0) is 16.9. The summed E-state index contributed by atoms with van der Waals surface area (Å²) in [6.45, 7) is 5.16. The zero-order valence-electron chi connectivity index (χ0n) is 13.7. The average Bonchev–Trinajstić information content (AvgIpc) is 2.62. The zero-order valence-corrected chi connectivity index (χ0v) is 13.7. The Balaban J connectivity index is 1.54. The molecule has 130 valence electrons. The van der Waals surface area contributed by atoms with Crippen molar-refractivity contribution < 1.29 is 14.7 Å². The van der Waals surface area contributed by atoms with Crippen LogP contribution in [0.2, 0.25) is 0 Å². The predicted molar refractivity (Wildman–Crippen MR) is 89.7 cm³/mol. The fourth-order valence-corrected chi connectivity index (χ4v) is 3.33. The van der Waals surface area contributed by atoms with Crippen molar-refractivity contribution in [2.75, 3.05) is 45.8 Å². The topological polar surface area (TPSA) is 76.1 Å². The molecule has 1 aromatic carbocycles. The van der Waals surface area contributed by atoms with E-state index in [0.29, 0.717) is 32.7 Å². The van der Waals surface area contributed by atoms with Crippen molar-refractivity contribution in [2.24, 2.45) is 0 Å².